The average molecular weight is 200 g/mol. The van der Waals surface area contributed by atoms with Crippen LogP contribution in [0.3, 0.4) is 0 Å². The van der Waals surface area contributed by atoms with E-state index in [9.17, 15) is 0 Å². The topological polar surface area (TPSA) is 34.0 Å². The highest BCUT2D eigenvalue weighted by Crippen LogP contribution is 2.27. The van der Waals surface area contributed by atoms with E-state index < -0.39 is 0 Å². The van der Waals surface area contributed by atoms with Gasteiger partial charge in [0.2, 0.25) is 0 Å². The first-order chi connectivity index (χ1) is 7.43. The van der Waals surface area contributed by atoms with Crippen LogP contribution >= 0.6 is 0 Å². The number of hydrogen-bond acceptors (Lipinski definition) is 3. The van der Waals surface area contributed by atoms with Crippen LogP contribution in [0.2, 0.25) is 0 Å². The molecule has 0 radical (unpaired) electrons. The molecule has 3 rings (SSSR count). The maximum atomic E-state index is 4.12. The molecule has 2 heterocycles. The summed E-state index contributed by atoms with van der Waals surface area (Å²) in [5.41, 5.74) is 2.76. The summed E-state index contributed by atoms with van der Waals surface area (Å²) < 4.78 is 1.85. The van der Waals surface area contributed by atoms with E-state index >= 15 is 0 Å². The van der Waals surface area contributed by atoms with Crippen LogP contribution in [0.5, 0.6) is 0 Å². The van der Waals surface area contributed by atoms with Crippen molar-refractivity contribution < 1.29 is 0 Å². The van der Waals surface area contributed by atoms with Crippen molar-refractivity contribution in [1.29, 1.82) is 0 Å². The van der Waals surface area contributed by atoms with Gasteiger partial charge in [0.25, 0.3) is 0 Å². The van der Waals surface area contributed by atoms with E-state index in [2.05, 4.69) is 39.2 Å². The van der Waals surface area contributed by atoms with Gasteiger partial charge in [0.1, 0.15) is 19.3 Å². The van der Waals surface area contributed by atoms with E-state index in [4.69, 9.17) is 0 Å². The molecule has 0 aliphatic carbocycles. The van der Waals surface area contributed by atoms with Gasteiger partial charge < -0.3 is 4.90 Å². The van der Waals surface area contributed by atoms with E-state index in [1.54, 1.807) is 12.7 Å². The fraction of sp³-hybridized carbons (Fsp3) is 0.273. The van der Waals surface area contributed by atoms with E-state index in [1.165, 1.54) is 11.3 Å². The Hall–Kier alpha value is -1.84. The molecular weight excluding hydrogens is 188 g/mol. The molecule has 1 aliphatic rings. The maximum Gasteiger partial charge on any atom is 0.137 e. The Morgan fingerprint density at radius 2 is 2.20 bits per heavy atom. The van der Waals surface area contributed by atoms with Gasteiger partial charge in [0.15, 0.2) is 0 Å². The summed E-state index contributed by atoms with van der Waals surface area (Å²) in [5.74, 6) is 0. The van der Waals surface area contributed by atoms with Crippen molar-refractivity contribution in [2.24, 2.45) is 0 Å². The van der Waals surface area contributed by atoms with Crippen LogP contribution in [0, 0.1) is 0 Å². The first-order valence-corrected chi connectivity index (χ1v) is 5.09. The molecule has 0 atom stereocenters. The molecule has 0 saturated carbocycles. The monoisotopic (exact) mass is 200 g/mol. The van der Waals surface area contributed by atoms with Gasteiger partial charge in [0.05, 0.1) is 0 Å². The standard InChI is InChI=1S/C11H12N4/c1-2-4-11-10(3-1)5-6-14(11)9-15-8-12-7-13-15/h1-4,7-8H,5-6,9H2. The minimum Gasteiger partial charge on any atom is -0.351 e. The third-order valence-electron chi connectivity index (χ3n) is 2.77. The number of benzene rings is 1. The zero-order chi connectivity index (χ0) is 10.1. The lowest BCUT2D eigenvalue weighted by atomic mass is 10.2. The quantitative estimate of drug-likeness (QED) is 0.732. The average Bonchev–Trinajstić information content (AvgIpc) is 2.89. The Kier molecular flexibility index (Phi) is 1.91. The van der Waals surface area contributed by atoms with Gasteiger partial charge in [-0.3, -0.25) is 0 Å². The number of fused-ring (bicyclic) bond motifs is 1. The molecule has 0 spiro atoms. The highest BCUT2D eigenvalue weighted by Gasteiger charge is 2.17. The van der Waals surface area contributed by atoms with Crippen molar-refractivity contribution in [3.63, 3.8) is 0 Å². The molecule has 0 unspecified atom stereocenters. The fourth-order valence-electron chi connectivity index (χ4n) is 2.03. The Morgan fingerprint density at radius 3 is 3.07 bits per heavy atom. The van der Waals surface area contributed by atoms with Gasteiger partial charge in [-0.2, -0.15) is 5.10 Å². The van der Waals surface area contributed by atoms with Crippen molar-refractivity contribution in [2.45, 2.75) is 13.1 Å². The molecule has 15 heavy (non-hydrogen) atoms. The predicted octanol–water partition coefficient (Wildman–Crippen LogP) is 1.30. The second-order valence-corrected chi connectivity index (χ2v) is 3.72. The minimum atomic E-state index is 0.789. The third kappa shape index (κ3) is 1.48. The van der Waals surface area contributed by atoms with Gasteiger partial charge in [-0.1, -0.05) is 18.2 Å². The van der Waals surface area contributed by atoms with Crippen LogP contribution in [-0.4, -0.2) is 21.3 Å². The largest absolute Gasteiger partial charge is 0.351 e. The van der Waals surface area contributed by atoms with E-state index in [-0.39, 0.29) is 0 Å². The SMILES string of the molecule is c1ccc2c(c1)CCN2Cn1cncn1. The van der Waals surface area contributed by atoms with Crippen LogP contribution in [0.25, 0.3) is 0 Å². The van der Waals surface area contributed by atoms with Crippen LogP contribution in [0.15, 0.2) is 36.9 Å². The van der Waals surface area contributed by atoms with Crippen molar-refractivity contribution in [2.75, 3.05) is 11.4 Å². The molecule has 2 aromatic rings. The number of anilines is 1. The van der Waals surface area contributed by atoms with E-state index in [1.807, 2.05) is 4.68 Å². The number of rotatable bonds is 2. The molecule has 0 saturated heterocycles. The first-order valence-electron chi connectivity index (χ1n) is 5.09. The lowest BCUT2D eigenvalue weighted by molar-refractivity contribution is 0.588. The Labute approximate surface area is 88.2 Å². The molecule has 0 N–H and O–H groups in total. The molecule has 1 aromatic heterocycles. The summed E-state index contributed by atoms with van der Waals surface area (Å²) >= 11 is 0. The molecule has 4 nitrogen and oxygen atoms in total. The summed E-state index contributed by atoms with van der Waals surface area (Å²) in [4.78, 5) is 6.27. The lowest BCUT2D eigenvalue weighted by Gasteiger charge is -2.18. The van der Waals surface area contributed by atoms with Crippen molar-refractivity contribution >= 4 is 5.69 Å². The van der Waals surface area contributed by atoms with Gasteiger partial charge in [-0.05, 0) is 18.1 Å². The highest BCUT2D eigenvalue weighted by molar-refractivity contribution is 5.57. The zero-order valence-corrected chi connectivity index (χ0v) is 8.37. The number of para-hydroxylation sites is 1. The van der Waals surface area contributed by atoms with Gasteiger partial charge in [-0.15, -0.1) is 0 Å². The van der Waals surface area contributed by atoms with E-state index in [0.717, 1.165) is 19.6 Å². The number of nitrogens with zero attached hydrogens (tertiary/aromatic N) is 4. The Morgan fingerprint density at radius 1 is 1.27 bits per heavy atom. The smallest absolute Gasteiger partial charge is 0.137 e. The summed E-state index contributed by atoms with van der Waals surface area (Å²) in [6, 6.07) is 8.53. The molecule has 0 fully saturated rings. The second-order valence-electron chi connectivity index (χ2n) is 3.72. The normalized spacial score (nSPS) is 14.3. The fourth-order valence-corrected chi connectivity index (χ4v) is 2.03. The van der Waals surface area contributed by atoms with Crippen LogP contribution in [0.4, 0.5) is 5.69 Å². The lowest BCUT2D eigenvalue weighted by Crippen LogP contribution is -2.24. The summed E-state index contributed by atoms with van der Waals surface area (Å²) in [6.45, 7) is 1.86. The third-order valence-corrected chi connectivity index (χ3v) is 2.77. The van der Waals surface area contributed by atoms with Gasteiger partial charge in [-0.25, -0.2) is 9.67 Å². The second kappa shape index (κ2) is 3.38. The Balaban J connectivity index is 1.85. The first kappa shape index (κ1) is 8.47. The number of aromatic nitrogens is 3. The highest BCUT2D eigenvalue weighted by atomic mass is 15.4. The maximum absolute atomic E-state index is 4.12. The Bertz CT molecular complexity index is 449. The molecule has 0 amide bonds. The van der Waals surface area contributed by atoms with Gasteiger partial charge in [0, 0.05) is 12.2 Å². The number of hydrogen-bond donors (Lipinski definition) is 0. The molecule has 1 aromatic carbocycles. The molecule has 4 heteroatoms. The van der Waals surface area contributed by atoms with Crippen molar-refractivity contribution in [3.8, 4) is 0 Å². The summed E-state index contributed by atoms with van der Waals surface area (Å²) in [6.07, 6.45) is 4.45. The van der Waals surface area contributed by atoms with Crippen LogP contribution in [0.1, 0.15) is 5.56 Å². The minimum absolute atomic E-state index is 0.789. The van der Waals surface area contributed by atoms with Crippen molar-refractivity contribution in [3.05, 3.63) is 42.5 Å². The molecule has 0 bridgehead atoms. The van der Waals surface area contributed by atoms with Crippen LogP contribution in [-0.2, 0) is 13.1 Å². The molecule has 1 aliphatic heterocycles. The van der Waals surface area contributed by atoms with Crippen LogP contribution < -0.4 is 4.90 Å². The summed E-state index contributed by atoms with van der Waals surface area (Å²) in [5, 5.41) is 4.12. The molecular formula is C11H12N4. The zero-order valence-electron chi connectivity index (χ0n) is 8.37. The molecule has 76 valence electrons. The van der Waals surface area contributed by atoms with E-state index in [0.29, 0.717) is 0 Å². The predicted molar refractivity (Wildman–Crippen MR) is 57.5 cm³/mol. The van der Waals surface area contributed by atoms with Crippen molar-refractivity contribution in [1.82, 2.24) is 14.8 Å². The van der Waals surface area contributed by atoms with Gasteiger partial charge >= 0.3 is 0 Å². The summed E-state index contributed by atoms with van der Waals surface area (Å²) in [7, 11) is 0.